The molecule has 0 radical (unpaired) electrons. The van der Waals surface area contributed by atoms with Crippen molar-refractivity contribution in [3.8, 4) is 0 Å². The largest absolute Gasteiger partial charge is 0.507 e. The van der Waals surface area contributed by atoms with Gasteiger partial charge in [-0.2, -0.15) is 0 Å². The third-order valence-electron chi connectivity index (χ3n) is 5.85. The zero-order valence-corrected chi connectivity index (χ0v) is 22.5. The summed E-state index contributed by atoms with van der Waals surface area (Å²) in [7, 11) is 0. The summed E-state index contributed by atoms with van der Waals surface area (Å²) >= 11 is 14.9. The molecule has 6 nitrogen and oxygen atoms in total. The maximum Gasteiger partial charge on any atom is 0.301 e. The van der Waals surface area contributed by atoms with Gasteiger partial charge in [-0.15, -0.1) is 10.2 Å². The van der Waals surface area contributed by atoms with Crippen LogP contribution in [0.4, 0.5) is 5.13 Å². The third-order valence-corrected chi connectivity index (χ3v) is 8.54. The third kappa shape index (κ3) is 5.15. The van der Waals surface area contributed by atoms with Gasteiger partial charge in [0.15, 0.2) is 4.34 Å². The number of ketones is 1. The zero-order chi connectivity index (χ0) is 26.1. The number of aromatic nitrogens is 2. The summed E-state index contributed by atoms with van der Waals surface area (Å²) in [5, 5.41) is 21.0. The Hall–Kier alpha value is -3.17. The molecule has 0 bridgehead atoms. The lowest BCUT2D eigenvalue weighted by Crippen LogP contribution is -2.29. The fraction of sp³-hybridized carbons (Fsp3) is 0.111. The molecule has 0 spiro atoms. The van der Waals surface area contributed by atoms with Crippen LogP contribution < -0.4 is 4.90 Å². The molecule has 37 heavy (non-hydrogen) atoms. The first kappa shape index (κ1) is 25.5. The lowest BCUT2D eigenvalue weighted by atomic mass is 9.95. The Labute approximate surface area is 231 Å². The molecule has 1 aliphatic heterocycles. The van der Waals surface area contributed by atoms with Gasteiger partial charge < -0.3 is 5.11 Å². The van der Waals surface area contributed by atoms with E-state index in [-0.39, 0.29) is 16.5 Å². The first-order valence-corrected chi connectivity index (χ1v) is 13.7. The molecule has 1 amide bonds. The quantitative estimate of drug-likeness (QED) is 0.0881. The number of aliphatic hydroxyl groups is 1. The molecule has 186 valence electrons. The average molecular weight is 569 g/mol. The number of amides is 1. The van der Waals surface area contributed by atoms with Crippen molar-refractivity contribution in [3.63, 3.8) is 0 Å². The van der Waals surface area contributed by atoms with Crippen LogP contribution in [0.15, 0.2) is 82.7 Å². The van der Waals surface area contributed by atoms with E-state index in [4.69, 9.17) is 23.2 Å². The van der Waals surface area contributed by atoms with E-state index < -0.39 is 17.7 Å². The minimum Gasteiger partial charge on any atom is -0.507 e. The highest BCUT2D eigenvalue weighted by Gasteiger charge is 2.48. The van der Waals surface area contributed by atoms with Crippen molar-refractivity contribution in [1.29, 1.82) is 0 Å². The number of carbonyl (C=O) groups excluding carboxylic acids is 2. The van der Waals surface area contributed by atoms with Gasteiger partial charge >= 0.3 is 5.91 Å². The average Bonchev–Trinajstić information content (AvgIpc) is 3.46. The summed E-state index contributed by atoms with van der Waals surface area (Å²) in [6, 6.07) is 20.6. The Morgan fingerprint density at radius 1 is 1.03 bits per heavy atom. The molecule has 1 fully saturated rings. The summed E-state index contributed by atoms with van der Waals surface area (Å²) in [6.45, 7) is 1.95. The van der Waals surface area contributed by atoms with E-state index in [1.165, 1.54) is 28.0 Å². The van der Waals surface area contributed by atoms with Crippen LogP contribution in [-0.4, -0.2) is 27.0 Å². The number of nitrogens with zero attached hydrogens (tertiary/aromatic N) is 3. The first-order chi connectivity index (χ1) is 17.8. The van der Waals surface area contributed by atoms with E-state index in [1.54, 1.807) is 36.4 Å². The van der Waals surface area contributed by atoms with E-state index in [0.717, 1.165) is 11.1 Å². The number of thioether (sulfide) groups is 1. The number of hydrogen-bond donors (Lipinski definition) is 1. The number of rotatable bonds is 6. The van der Waals surface area contributed by atoms with E-state index in [2.05, 4.69) is 10.2 Å². The molecule has 5 rings (SSSR count). The minimum atomic E-state index is -0.850. The molecule has 1 atom stereocenters. The molecular weight excluding hydrogens is 549 g/mol. The van der Waals surface area contributed by atoms with Crippen molar-refractivity contribution in [2.24, 2.45) is 0 Å². The molecule has 3 aromatic carbocycles. The second kappa shape index (κ2) is 10.7. The van der Waals surface area contributed by atoms with Crippen LogP contribution in [0.1, 0.15) is 28.3 Å². The van der Waals surface area contributed by atoms with Gasteiger partial charge in [0, 0.05) is 21.4 Å². The Bertz CT molecular complexity index is 1520. The molecule has 1 saturated heterocycles. The molecule has 1 aromatic heterocycles. The van der Waals surface area contributed by atoms with E-state index in [9.17, 15) is 14.7 Å². The molecular formula is C27H19Cl2N3O3S2. The maximum atomic E-state index is 13.3. The Kier molecular flexibility index (Phi) is 7.35. The van der Waals surface area contributed by atoms with Crippen LogP contribution in [0, 0.1) is 6.92 Å². The SMILES string of the molecule is Cc1ccc(C2/C(=C(/O)c3ccccc3)C(=O)C(=O)N2c2nnc(SCc3ccc(Cl)cc3Cl)s2)cc1. The lowest BCUT2D eigenvalue weighted by Gasteiger charge is -2.22. The number of aryl methyl sites for hydroxylation is 1. The van der Waals surface area contributed by atoms with Crippen LogP contribution in [0.2, 0.25) is 10.0 Å². The Balaban J connectivity index is 1.52. The maximum absolute atomic E-state index is 13.3. The fourth-order valence-corrected chi connectivity index (χ4v) is 6.41. The predicted molar refractivity (Wildman–Crippen MR) is 148 cm³/mol. The summed E-state index contributed by atoms with van der Waals surface area (Å²) in [4.78, 5) is 27.9. The van der Waals surface area contributed by atoms with Crippen LogP contribution in [0.5, 0.6) is 0 Å². The van der Waals surface area contributed by atoms with Gasteiger partial charge in [0.05, 0.1) is 11.6 Å². The van der Waals surface area contributed by atoms with Crippen LogP contribution in [-0.2, 0) is 15.3 Å². The smallest absolute Gasteiger partial charge is 0.301 e. The van der Waals surface area contributed by atoms with Gasteiger partial charge in [0.2, 0.25) is 5.13 Å². The summed E-state index contributed by atoms with van der Waals surface area (Å²) < 4.78 is 0.605. The van der Waals surface area contributed by atoms with Crippen LogP contribution >= 0.6 is 46.3 Å². The lowest BCUT2D eigenvalue weighted by molar-refractivity contribution is -0.132. The normalized spacial score (nSPS) is 16.9. The van der Waals surface area contributed by atoms with Gasteiger partial charge in [-0.05, 0) is 30.2 Å². The standard InChI is InChI=1S/C27H19Cl2N3O3S2/c1-15-7-9-16(10-8-15)22-21(23(33)17-5-3-2-4-6-17)24(34)25(35)32(22)26-30-31-27(37-26)36-14-18-11-12-19(28)13-20(18)29/h2-13,22,33H,14H2,1H3/b23-21-. The molecule has 4 aromatic rings. The Morgan fingerprint density at radius 3 is 2.46 bits per heavy atom. The molecule has 0 aliphatic carbocycles. The Morgan fingerprint density at radius 2 is 1.76 bits per heavy atom. The highest BCUT2D eigenvalue weighted by atomic mass is 35.5. The topological polar surface area (TPSA) is 83.4 Å². The molecule has 10 heteroatoms. The van der Waals surface area contributed by atoms with Gasteiger partial charge in [-0.3, -0.25) is 14.5 Å². The number of carbonyl (C=O) groups is 2. The van der Waals surface area contributed by atoms with E-state index >= 15 is 0 Å². The number of benzene rings is 3. The fourth-order valence-electron chi connectivity index (χ4n) is 3.98. The predicted octanol–water partition coefficient (Wildman–Crippen LogP) is 7.07. The van der Waals surface area contributed by atoms with E-state index in [1.807, 2.05) is 43.3 Å². The minimum absolute atomic E-state index is 0.0115. The number of aliphatic hydroxyl groups excluding tert-OH is 1. The van der Waals surface area contributed by atoms with Crippen molar-refractivity contribution in [3.05, 3.63) is 111 Å². The number of halogens is 2. The zero-order valence-electron chi connectivity index (χ0n) is 19.4. The highest BCUT2D eigenvalue weighted by molar-refractivity contribution is 8.00. The molecule has 2 heterocycles. The first-order valence-electron chi connectivity index (χ1n) is 11.2. The summed E-state index contributed by atoms with van der Waals surface area (Å²) in [5.41, 5.74) is 3.05. The number of hydrogen-bond acceptors (Lipinski definition) is 7. The van der Waals surface area contributed by atoms with Crippen molar-refractivity contribution in [2.45, 2.75) is 23.1 Å². The van der Waals surface area contributed by atoms with Crippen molar-refractivity contribution < 1.29 is 14.7 Å². The van der Waals surface area contributed by atoms with Gasteiger partial charge in [0.1, 0.15) is 5.76 Å². The number of Topliss-reactive ketones (excluding diaryl/α,β-unsaturated/α-hetero) is 1. The highest BCUT2D eigenvalue weighted by Crippen LogP contribution is 2.44. The van der Waals surface area contributed by atoms with Gasteiger partial charge in [-0.1, -0.05) is 113 Å². The van der Waals surface area contributed by atoms with Gasteiger partial charge in [-0.25, -0.2) is 0 Å². The second-order valence-electron chi connectivity index (χ2n) is 8.32. The molecule has 0 saturated carbocycles. The molecule has 1 N–H and O–H groups in total. The van der Waals surface area contributed by atoms with Crippen molar-refractivity contribution in [2.75, 3.05) is 4.90 Å². The second-order valence-corrected chi connectivity index (χ2v) is 11.3. The van der Waals surface area contributed by atoms with Gasteiger partial charge in [0.25, 0.3) is 5.78 Å². The van der Waals surface area contributed by atoms with Crippen molar-refractivity contribution >= 4 is 68.9 Å². The monoisotopic (exact) mass is 567 g/mol. The van der Waals surface area contributed by atoms with Crippen molar-refractivity contribution in [1.82, 2.24) is 10.2 Å². The number of anilines is 1. The molecule has 1 unspecified atom stereocenters. The summed E-state index contributed by atoms with van der Waals surface area (Å²) in [6.07, 6.45) is 0. The van der Waals surface area contributed by atoms with Crippen LogP contribution in [0.25, 0.3) is 5.76 Å². The summed E-state index contributed by atoms with van der Waals surface area (Å²) in [5.74, 6) is -1.25. The molecule has 1 aliphatic rings. The van der Waals surface area contributed by atoms with Crippen LogP contribution in [0.3, 0.4) is 0 Å². The van der Waals surface area contributed by atoms with E-state index in [0.29, 0.717) is 31.3 Å².